The fourth-order valence-corrected chi connectivity index (χ4v) is 14.8. The summed E-state index contributed by atoms with van der Waals surface area (Å²) in [5.74, 6) is -2.24. The van der Waals surface area contributed by atoms with Gasteiger partial charge in [0.05, 0.1) is 38.8 Å². The molecule has 9 aromatic rings. The maximum atomic E-state index is 16.0. The lowest BCUT2D eigenvalue weighted by Gasteiger charge is -2.28. The Labute approximate surface area is 531 Å². The summed E-state index contributed by atoms with van der Waals surface area (Å²) in [5.41, 5.74) is 11.5. The van der Waals surface area contributed by atoms with E-state index in [1.165, 1.54) is 35.7 Å². The summed E-state index contributed by atoms with van der Waals surface area (Å²) in [5, 5.41) is 0. The van der Waals surface area contributed by atoms with E-state index in [-0.39, 0.29) is 19.8 Å². The predicted molar refractivity (Wildman–Crippen MR) is 333 cm³/mol. The van der Waals surface area contributed by atoms with Crippen molar-refractivity contribution in [1.29, 1.82) is 0 Å². The Hall–Kier alpha value is -6.94. The van der Waals surface area contributed by atoms with Crippen molar-refractivity contribution >= 4 is 41.3 Å². The molecule has 0 spiro atoms. The average molecular weight is 1280 g/mol. The molecule has 6 aliphatic rings. The molecule has 0 saturated carbocycles. The molecule has 0 radical (unpaired) electrons. The minimum Gasteiger partial charge on any atom is -0.347 e. The van der Waals surface area contributed by atoms with Gasteiger partial charge in [0, 0.05) is 16.7 Å². The third kappa shape index (κ3) is 11.1. The molecule has 6 saturated heterocycles. The molecule has 0 unspecified atom stereocenters. The molecule has 0 N–H and O–H groups in total. The summed E-state index contributed by atoms with van der Waals surface area (Å²) in [6.07, 6.45) is 0.0997. The van der Waals surface area contributed by atoms with Crippen LogP contribution < -0.4 is 0 Å². The first kappa shape index (κ1) is 61.3. The second-order valence-electron chi connectivity index (χ2n) is 26.7. The normalized spacial score (nSPS) is 28.0. The van der Waals surface area contributed by atoms with E-state index in [1.54, 1.807) is 19.0 Å². The van der Waals surface area contributed by atoms with Crippen LogP contribution in [-0.2, 0) is 60.8 Å². The number of imidazole rings is 3. The van der Waals surface area contributed by atoms with Crippen molar-refractivity contribution in [3.8, 4) is 33.8 Å². The number of ether oxygens (including phenoxy) is 9. The van der Waals surface area contributed by atoms with Crippen LogP contribution in [0.2, 0.25) is 0 Å². The molecule has 0 bridgehead atoms. The first-order valence-corrected chi connectivity index (χ1v) is 32.9. The maximum absolute atomic E-state index is 16.0. The molecule has 6 fully saturated rings. The van der Waals surface area contributed by atoms with Crippen molar-refractivity contribution in [3.63, 3.8) is 0 Å². The molecule has 3 aromatic carbocycles. The largest absolute Gasteiger partial charge is 0.475 e. The highest BCUT2D eigenvalue weighted by atomic mass is 31.2. The second-order valence-corrected chi connectivity index (χ2v) is 28.4. The molecule has 25 nitrogen and oxygen atoms in total. The molecule has 6 aromatic heterocycles. The van der Waals surface area contributed by atoms with Crippen molar-refractivity contribution in [2.24, 2.45) is 0 Å². The minimum atomic E-state index is -4.74. The van der Waals surface area contributed by atoms with Gasteiger partial charge in [-0.2, -0.15) is 0 Å². The monoisotopic (exact) mass is 1270 g/mol. The fourth-order valence-electron chi connectivity index (χ4n) is 13.5. The molecule has 482 valence electrons. The molecule has 26 heteroatoms. The Kier molecular flexibility index (Phi) is 15.5. The van der Waals surface area contributed by atoms with Crippen molar-refractivity contribution < 1.29 is 60.8 Å². The van der Waals surface area contributed by atoms with Crippen LogP contribution in [0, 0.1) is 0 Å². The number of hydrogen-bond acceptors (Lipinski definition) is 22. The lowest BCUT2D eigenvalue weighted by atomic mass is 9.99. The van der Waals surface area contributed by atoms with Crippen molar-refractivity contribution in [3.05, 3.63) is 127 Å². The van der Waals surface area contributed by atoms with Crippen LogP contribution >= 0.6 is 7.82 Å². The first-order chi connectivity index (χ1) is 44.1. The van der Waals surface area contributed by atoms with Crippen LogP contribution in [0.3, 0.4) is 0 Å². The Morgan fingerprint density at radius 1 is 0.413 bits per heavy atom. The lowest BCUT2D eigenvalue weighted by Crippen LogP contribution is -2.35. The summed E-state index contributed by atoms with van der Waals surface area (Å²) in [6.45, 7) is 22.8. The van der Waals surface area contributed by atoms with Gasteiger partial charge >= 0.3 is 7.82 Å². The van der Waals surface area contributed by atoms with Crippen molar-refractivity contribution in [2.75, 3.05) is 19.8 Å². The van der Waals surface area contributed by atoms with Crippen molar-refractivity contribution in [2.45, 2.75) is 192 Å². The molecule has 12 heterocycles. The highest BCUT2D eigenvalue weighted by Crippen LogP contribution is 2.55. The van der Waals surface area contributed by atoms with Crippen LogP contribution in [0.25, 0.3) is 67.3 Å². The van der Waals surface area contributed by atoms with Gasteiger partial charge in [-0.05, 0) is 94.2 Å². The molecule has 0 amide bonds. The van der Waals surface area contributed by atoms with E-state index in [1.807, 2.05) is 91.6 Å². The number of aromatic nitrogens is 12. The summed E-state index contributed by atoms with van der Waals surface area (Å²) in [7, 11) is -4.74. The van der Waals surface area contributed by atoms with Crippen molar-refractivity contribution in [1.82, 2.24) is 58.6 Å². The molecular weight excluding hydrogens is 1200 g/mol. The first-order valence-electron chi connectivity index (χ1n) is 31.5. The SMILES string of the molecule is CC(C)c1cccc(-c2ncnc3c2ncn3[C@@H]2O[C@H](COP(=O)(OC[C@H]3O[C@@H](n4cnc5c(-c6cccc(C(C)C)c6)ncnc54)[C@@H]4OC(C)(C)O[C@@H]43)OC[C@H]3O[C@@H](n4cnc5c(-c6cccc(C(C)C)c6)ncnc54)[C@@H]4OC(C)(C)O[C@@H]43)[C@H]3OC(C)(C)O[C@H]32)c1. The molecular formula is C66H75N12O13P. The van der Waals surface area contributed by atoms with E-state index in [2.05, 4.69) is 77.9 Å². The topological polar surface area (TPSA) is 259 Å². The third-order valence-corrected chi connectivity index (χ3v) is 19.3. The van der Waals surface area contributed by atoms with E-state index in [0.717, 1.165) is 16.7 Å². The van der Waals surface area contributed by atoms with E-state index in [9.17, 15) is 0 Å². The van der Waals surface area contributed by atoms with Crippen LogP contribution in [0.4, 0.5) is 0 Å². The average Bonchev–Trinajstić information content (AvgIpc) is 1.60. The summed E-state index contributed by atoms with van der Waals surface area (Å²) < 4.78 is 101. The number of fused-ring (bicyclic) bond motifs is 6. The van der Waals surface area contributed by atoms with Crippen LogP contribution in [0.1, 0.15) is 136 Å². The van der Waals surface area contributed by atoms with Gasteiger partial charge in [-0.15, -0.1) is 0 Å². The summed E-state index contributed by atoms with van der Waals surface area (Å²) in [6, 6.07) is 24.7. The highest BCUT2D eigenvalue weighted by Gasteiger charge is 2.60. The molecule has 0 aliphatic carbocycles. The molecule has 12 atom stereocenters. The Balaban J connectivity index is 0.733. The van der Waals surface area contributed by atoms with Gasteiger partial charge in [-0.25, -0.2) is 49.4 Å². The van der Waals surface area contributed by atoms with Crippen LogP contribution in [0.5, 0.6) is 0 Å². The zero-order valence-electron chi connectivity index (χ0n) is 53.3. The number of benzene rings is 3. The summed E-state index contributed by atoms with van der Waals surface area (Å²) >= 11 is 0. The van der Waals surface area contributed by atoms with Gasteiger partial charge in [0.25, 0.3) is 0 Å². The van der Waals surface area contributed by atoms with Gasteiger partial charge in [0.1, 0.15) is 108 Å². The van der Waals surface area contributed by atoms with Gasteiger partial charge < -0.3 is 42.6 Å². The van der Waals surface area contributed by atoms with Crippen LogP contribution in [0.15, 0.2) is 111 Å². The third-order valence-electron chi connectivity index (χ3n) is 17.9. The highest BCUT2D eigenvalue weighted by molar-refractivity contribution is 7.48. The maximum Gasteiger partial charge on any atom is 0.475 e. The standard InChI is InChI=1S/C66H75N12O13P/c1-34(2)37-16-13-19-40(22-37)46-49-58(70-28-67-46)76(31-73-49)61-55-52(86-64(7,8)89-55)43(83-61)25-80-92(79,81-26-44-53-56(90-65(9,10)87-53)62(84-44)77-32-74-50-47(68-29-71-59(50)77)41-20-14-17-38(23-41)35(3)4)82-27-45-54-57(91-66(11,12)88-54)63(85-45)78-33-75-51-48(69-30-72-60(51)78)42-21-15-18-39(24-42)36(5)6/h13-24,28-36,43-45,52-57,61-63H,25-27H2,1-12H3/t43-,44-,45-,52-,53-,54-,55-,56-,57-,61-,62-,63-/m1/s1. The van der Waals surface area contributed by atoms with Gasteiger partial charge in [-0.3, -0.25) is 27.3 Å². The van der Waals surface area contributed by atoms with E-state index in [0.29, 0.717) is 68.3 Å². The Morgan fingerprint density at radius 2 is 0.696 bits per heavy atom. The Bertz CT molecular complexity index is 3880. The van der Waals surface area contributed by atoms with Gasteiger partial charge in [0.15, 0.2) is 53.0 Å². The zero-order chi connectivity index (χ0) is 63.8. The summed E-state index contributed by atoms with van der Waals surface area (Å²) in [4.78, 5) is 42.7. The number of hydrogen-bond donors (Lipinski definition) is 0. The zero-order valence-corrected chi connectivity index (χ0v) is 54.2. The van der Waals surface area contributed by atoms with E-state index < -0.39 is 98.8 Å². The molecule has 15 rings (SSSR count). The lowest BCUT2D eigenvalue weighted by molar-refractivity contribution is -0.202. The van der Waals surface area contributed by atoms with Crippen LogP contribution in [-0.4, -0.2) is 151 Å². The molecule has 6 aliphatic heterocycles. The van der Waals surface area contributed by atoms with Gasteiger partial charge in [0.2, 0.25) is 0 Å². The van der Waals surface area contributed by atoms with E-state index >= 15 is 4.57 Å². The second kappa shape index (κ2) is 23.2. The quantitative estimate of drug-likeness (QED) is 0.0723. The molecule has 92 heavy (non-hydrogen) atoms. The number of rotatable bonds is 18. The number of nitrogens with zero attached hydrogens (tertiary/aromatic N) is 12. The predicted octanol–water partition coefficient (Wildman–Crippen LogP) is 11.3. The van der Waals surface area contributed by atoms with Gasteiger partial charge in [-0.1, -0.05) is 96.1 Å². The fraction of sp³-hybridized carbons (Fsp3) is 0.500. The Morgan fingerprint density at radius 3 is 0.978 bits per heavy atom. The van der Waals surface area contributed by atoms with E-state index in [4.69, 9.17) is 101 Å². The minimum absolute atomic E-state index is 0.302. The number of phosphoric acid groups is 1. The smallest absolute Gasteiger partial charge is 0.347 e. The number of phosphoric ester groups is 1.